The van der Waals surface area contributed by atoms with Gasteiger partial charge in [0.05, 0.1) is 34.7 Å². The average Bonchev–Trinajstić information content (AvgIpc) is 3.05. The Morgan fingerprint density at radius 3 is 2.69 bits per heavy atom. The fraction of sp³-hybridized carbons (Fsp3) is 0.176. The molecule has 26 heavy (non-hydrogen) atoms. The maximum absolute atomic E-state index is 11.3. The number of carbonyl (C=O) groups is 1. The minimum absolute atomic E-state index is 0.0442. The summed E-state index contributed by atoms with van der Waals surface area (Å²) in [5.74, 6) is -0.767. The van der Waals surface area contributed by atoms with Crippen LogP contribution in [0.4, 0.5) is 5.69 Å². The zero-order chi connectivity index (χ0) is 18.8. The van der Waals surface area contributed by atoms with Crippen LogP contribution in [0.2, 0.25) is 0 Å². The van der Waals surface area contributed by atoms with Crippen molar-refractivity contribution in [2.45, 2.75) is 13.0 Å². The van der Waals surface area contributed by atoms with E-state index in [0.29, 0.717) is 11.3 Å². The Bertz CT molecular complexity index is 964. The second kappa shape index (κ2) is 6.71. The summed E-state index contributed by atoms with van der Waals surface area (Å²) in [6.07, 6.45) is -1.19. The molecule has 9 nitrogen and oxygen atoms in total. The monoisotopic (exact) mass is 357 g/mol. The summed E-state index contributed by atoms with van der Waals surface area (Å²) in [6.45, 7) is 1.35. The van der Waals surface area contributed by atoms with E-state index in [9.17, 15) is 14.9 Å². The van der Waals surface area contributed by atoms with E-state index in [0.717, 1.165) is 5.52 Å². The number of H-pyrrole nitrogens is 1. The molecule has 1 heterocycles. The number of nitrogens with one attached hydrogen (secondary N) is 1. The molecule has 2 N–H and O–H groups in total. The molecular weight excluding hydrogens is 342 g/mol. The first-order valence-electron chi connectivity index (χ1n) is 7.61. The number of carboxylic acids is 1. The number of hydrogen-bond acceptors (Lipinski definition) is 6. The number of nitrogens with zero attached hydrogens (tertiary/aromatic N) is 2. The van der Waals surface area contributed by atoms with Gasteiger partial charge in [0.1, 0.15) is 5.82 Å². The van der Waals surface area contributed by atoms with Gasteiger partial charge < -0.3 is 19.6 Å². The van der Waals surface area contributed by atoms with E-state index in [2.05, 4.69) is 9.97 Å². The lowest BCUT2D eigenvalue weighted by Crippen LogP contribution is -2.23. The van der Waals surface area contributed by atoms with Gasteiger partial charge in [-0.3, -0.25) is 10.1 Å². The van der Waals surface area contributed by atoms with E-state index >= 15 is 0 Å². The van der Waals surface area contributed by atoms with Gasteiger partial charge in [-0.2, -0.15) is 0 Å². The van der Waals surface area contributed by atoms with Gasteiger partial charge in [0.25, 0.3) is 5.69 Å². The predicted octanol–water partition coefficient (Wildman–Crippen LogP) is 3.00. The molecule has 0 aliphatic heterocycles. The molecule has 1 aromatic heterocycles. The zero-order valence-corrected chi connectivity index (χ0v) is 13.9. The Hall–Kier alpha value is -3.62. The van der Waals surface area contributed by atoms with E-state index in [4.69, 9.17) is 14.6 Å². The van der Waals surface area contributed by atoms with Crippen LogP contribution in [0.5, 0.6) is 11.5 Å². The first kappa shape index (κ1) is 17.2. The van der Waals surface area contributed by atoms with E-state index in [1.54, 1.807) is 12.1 Å². The van der Waals surface area contributed by atoms with Crippen LogP contribution in [-0.4, -0.2) is 39.2 Å². The van der Waals surface area contributed by atoms with Crippen LogP contribution in [0, 0.1) is 10.1 Å². The van der Waals surface area contributed by atoms with Crippen molar-refractivity contribution in [3.05, 3.63) is 46.5 Å². The lowest BCUT2D eigenvalue weighted by molar-refractivity contribution is -0.384. The Balaban J connectivity index is 2.23. The Morgan fingerprint density at radius 2 is 2.08 bits per heavy atom. The number of nitro groups is 1. The number of aromatic nitrogens is 2. The van der Waals surface area contributed by atoms with Gasteiger partial charge in [0, 0.05) is 6.07 Å². The topological polar surface area (TPSA) is 128 Å². The number of methoxy groups -OCH3 is 1. The summed E-state index contributed by atoms with van der Waals surface area (Å²) < 4.78 is 10.7. The predicted molar refractivity (Wildman–Crippen MR) is 92.5 cm³/mol. The van der Waals surface area contributed by atoms with Crippen molar-refractivity contribution in [3.63, 3.8) is 0 Å². The second-order valence-electron chi connectivity index (χ2n) is 5.48. The molecule has 0 saturated carbocycles. The lowest BCUT2D eigenvalue weighted by atomic mass is 10.1. The molecule has 134 valence electrons. The van der Waals surface area contributed by atoms with Gasteiger partial charge in [0.2, 0.25) is 0 Å². The largest absolute Gasteiger partial charge is 0.493 e. The normalized spacial score (nSPS) is 11.9. The zero-order valence-electron chi connectivity index (χ0n) is 13.9. The van der Waals surface area contributed by atoms with Crippen molar-refractivity contribution in [1.82, 2.24) is 9.97 Å². The third kappa shape index (κ3) is 3.14. The van der Waals surface area contributed by atoms with Crippen LogP contribution in [-0.2, 0) is 4.79 Å². The van der Waals surface area contributed by atoms with E-state index in [-0.39, 0.29) is 22.7 Å². The summed E-state index contributed by atoms with van der Waals surface area (Å²) in [4.78, 5) is 29.3. The summed E-state index contributed by atoms with van der Waals surface area (Å²) in [6, 6.07) is 9.67. The minimum Gasteiger partial charge on any atom is -0.493 e. The number of fused-ring (bicyclic) bond motifs is 1. The Labute approximate surface area is 147 Å². The van der Waals surface area contributed by atoms with Gasteiger partial charge >= 0.3 is 5.97 Å². The van der Waals surface area contributed by atoms with Crippen LogP contribution in [0.1, 0.15) is 6.92 Å². The van der Waals surface area contributed by atoms with Gasteiger partial charge in [-0.15, -0.1) is 0 Å². The molecule has 0 fully saturated rings. The molecule has 1 unspecified atom stereocenters. The molecule has 0 aliphatic rings. The molecule has 3 aromatic rings. The molecule has 9 heteroatoms. The van der Waals surface area contributed by atoms with E-state index < -0.39 is 17.0 Å². The Kier molecular flexibility index (Phi) is 4.44. The van der Waals surface area contributed by atoms with Crippen molar-refractivity contribution >= 4 is 22.7 Å². The molecule has 1 atom stereocenters. The van der Waals surface area contributed by atoms with Crippen molar-refractivity contribution in [2.24, 2.45) is 0 Å². The molecule has 0 bridgehead atoms. The van der Waals surface area contributed by atoms with Crippen molar-refractivity contribution in [2.75, 3.05) is 7.11 Å². The summed E-state index contributed by atoms with van der Waals surface area (Å²) >= 11 is 0. The number of para-hydroxylation sites is 2. The van der Waals surface area contributed by atoms with Crippen molar-refractivity contribution < 1.29 is 24.3 Å². The van der Waals surface area contributed by atoms with E-state index in [1.165, 1.54) is 26.2 Å². The summed E-state index contributed by atoms with van der Waals surface area (Å²) in [7, 11) is 1.32. The quantitative estimate of drug-likeness (QED) is 0.512. The van der Waals surface area contributed by atoms with Crippen molar-refractivity contribution in [1.29, 1.82) is 0 Å². The number of carboxylic acid groups (broad SMARTS) is 1. The van der Waals surface area contributed by atoms with Crippen LogP contribution in [0.3, 0.4) is 0 Å². The highest BCUT2D eigenvalue weighted by Gasteiger charge is 2.25. The molecule has 0 spiro atoms. The highest BCUT2D eigenvalue weighted by atomic mass is 16.6. The standard InChI is InChI=1S/C17H15N3O6/c1-9(17(21)22)26-15-11(7-10(20(23)24)8-14(15)25-2)16-18-12-5-3-4-6-13(12)19-16/h3-9H,1-2H3,(H,18,19)(H,21,22). The van der Waals surface area contributed by atoms with Crippen molar-refractivity contribution in [3.8, 4) is 22.9 Å². The van der Waals surface area contributed by atoms with Crippen LogP contribution < -0.4 is 9.47 Å². The molecule has 2 aromatic carbocycles. The number of ether oxygens (including phenoxy) is 2. The summed E-state index contributed by atoms with van der Waals surface area (Å²) in [5, 5.41) is 20.4. The number of aliphatic carboxylic acids is 1. The van der Waals surface area contributed by atoms with Crippen LogP contribution in [0.25, 0.3) is 22.4 Å². The van der Waals surface area contributed by atoms with E-state index in [1.807, 2.05) is 12.1 Å². The number of benzene rings is 2. The maximum Gasteiger partial charge on any atom is 0.344 e. The highest BCUT2D eigenvalue weighted by molar-refractivity contribution is 5.83. The molecular formula is C17H15N3O6. The first-order valence-corrected chi connectivity index (χ1v) is 7.61. The third-order valence-electron chi connectivity index (χ3n) is 3.76. The Morgan fingerprint density at radius 1 is 1.35 bits per heavy atom. The van der Waals surface area contributed by atoms with Gasteiger partial charge in [-0.25, -0.2) is 9.78 Å². The molecule has 0 radical (unpaired) electrons. The van der Waals surface area contributed by atoms with Crippen LogP contribution >= 0.6 is 0 Å². The number of imidazole rings is 1. The average molecular weight is 357 g/mol. The van der Waals surface area contributed by atoms with Gasteiger partial charge in [-0.1, -0.05) is 12.1 Å². The molecule has 0 saturated heterocycles. The number of non-ortho nitro benzene ring substituents is 1. The SMILES string of the molecule is COc1cc([N+](=O)[O-])cc(-c2nc3ccccc3[nH]2)c1OC(C)C(=O)O. The smallest absolute Gasteiger partial charge is 0.344 e. The third-order valence-corrected chi connectivity index (χ3v) is 3.76. The fourth-order valence-corrected chi connectivity index (χ4v) is 2.45. The number of hydrogen-bond donors (Lipinski definition) is 2. The lowest BCUT2D eigenvalue weighted by Gasteiger charge is -2.16. The second-order valence-corrected chi connectivity index (χ2v) is 5.48. The van der Waals surface area contributed by atoms with Gasteiger partial charge in [-0.05, 0) is 19.1 Å². The molecule has 0 amide bonds. The molecule has 3 rings (SSSR count). The molecule has 0 aliphatic carbocycles. The minimum atomic E-state index is -1.19. The fourth-order valence-electron chi connectivity index (χ4n) is 2.45. The highest BCUT2D eigenvalue weighted by Crippen LogP contribution is 2.41. The van der Waals surface area contributed by atoms with Gasteiger partial charge in [0.15, 0.2) is 17.6 Å². The maximum atomic E-state index is 11.3. The number of rotatable bonds is 6. The summed E-state index contributed by atoms with van der Waals surface area (Å²) in [5.41, 5.74) is 1.39. The number of nitro benzene ring substituents is 1. The number of aromatic amines is 1. The van der Waals surface area contributed by atoms with Crippen LogP contribution in [0.15, 0.2) is 36.4 Å². The first-order chi connectivity index (χ1) is 12.4.